The molecule has 1 saturated heterocycles. The molecule has 0 bridgehead atoms. The van der Waals surface area contributed by atoms with E-state index in [-0.39, 0.29) is 43.2 Å². The smallest absolute Gasteiger partial charge is 0.240 e. The standard InChI is InChI=1S/C22H28N4O4S/c1-2-16-5-7-17(8-6-16)26(15-20(28)24-14-18-4-3-12-30-18)21(29)10-9-19(27)25-22-23-11-13-31-22/h5-8,11,13,18H,2-4,9-10,12,14-15H2,1H3,(H,24,28)(H,23,25,27)/t18-/m0/s1. The van der Waals surface area contributed by atoms with Crippen LogP contribution in [0.1, 0.15) is 38.2 Å². The van der Waals surface area contributed by atoms with Gasteiger partial charge in [0.25, 0.3) is 0 Å². The van der Waals surface area contributed by atoms with Crippen molar-refractivity contribution < 1.29 is 19.1 Å². The maximum atomic E-state index is 12.9. The van der Waals surface area contributed by atoms with E-state index in [1.165, 1.54) is 16.2 Å². The summed E-state index contributed by atoms with van der Waals surface area (Å²) in [5.74, 6) is -0.825. The van der Waals surface area contributed by atoms with Gasteiger partial charge < -0.3 is 20.3 Å². The number of ether oxygens (including phenoxy) is 1. The van der Waals surface area contributed by atoms with Crippen molar-refractivity contribution in [2.75, 3.05) is 29.9 Å². The molecule has 0 saturated carbocycles. The number of aromatic nitrogens is 1. The predicted octanol–water partition coefficient (Wildman–Crippen LogP) is 2.75. The van der Waals surface area contributed by atoms with E-state index in [9.17, 15) is 14.4 Å². The summed E-state index contributed by atoms with van der Waals surface area (Å²) in [6, 6.07) is 7.55. The molecule has 0 spiro atoms. The molecule has 2 aromatic rings. The van der Waals surface area contributed by atoms with Gasteiger partial charge in [0.1, 0.15) is 6.54 Å². The molecule has 1 fully saturated rings. The molecule has 0 radical (unpaired) electrons. The third kappa shape index (κ3) is 7.15. The first kappa shape index (κ1) is 22.9. The van der Waals surface area contributed by atoms with Gasteiger partial charge in [-0.1, -0.05) is 19.1 Å². The van der Waals surface area contributed by atoms with Gasteiger partial charge >= 0.3 is 0 Å². The molecule has 2 N–H and O–H groups in total. The first-order chi connectivity index (χ1) is 15.0. The second kappa shape index (κ2) is 11.6. The van der Waals surface area contributed by atoms with Crippen LogP contribution < -0.4 is 15.5 Å². The number of carbonyl (C=O) groups is 3. The third-order valence-corrected chi connectivity index (χ3v) is 5.74. The SMILES string of the molecule is CCc1ccc(N(CC(=O)NC[C@@H]2CCCO2)C(=O)CCC(=O)Nc2nccs2)cc1. The van der Waals surface area contributed by atoms with Crippen LogP contribution in [0, 0.1) is 0 Å². The molecular formula is C22H28N4O4S. The lowest BCUT2D eigenvalue weighted by atomic mass is 10.1. The van der Waals surface area contributed by atoms with Gasteiger partial charge in [-0.25, -0.2) is 4.98 Å². The van der Waals surface area contributed by atoms with Crippen LogP contribution in [0.5, 0.6) is 0 Å². The molecule has 0 unspecified atom stereocenters. The number of amides is 3. The molecule has 166 valence electrons. The summed E-state index contributed by atoms with van der Waals surface area (Å²) in [7, 11) is 0. The summed E-state index contributed by atoms with van der Waals surface area (Å²) in [6.07, 6.45) is 4.44. The van der Waals surface area contributed by atoms with Crippen LogP contribution >= 0.6 is 11.3 Å². The van der Waals surface area contributed by atoms with E-state index in [0.717, 1.165) is 31.4 Å². The fraction of sp³-hybridized carbons (Fsp3) is 0.455. The van der Waals surface area contributed by atoms with E-state index >= 15 is 0 Å². The highest BCUT2D eigenvalue weighted by Gasteiger charge is 2.22. The molecule has 3 rings (SSSR count). The zero-order chi connectivity index (χ0) is 22.1. The summed E-state index contributed by atoms with van der Waals surface area (Å²) in [6.45, 7) is 3.10. The number of carbonyl (C=O) groups excluding carboxylic acids is 3. The number of benzene rings is 1. The maximum absolute atomic E-state index is 12.9. The van der Waals surface area contributed by atoms with Crippen molar-refractivity contribution in [1.29, 1.82) is 0 Å². The van der Waals surface area contributed by atoms with Crippen LogP contribution in [0.4, 0.5) is 10.8 Å². The molecule has 1 aliphatic rings. The molecule has 8 nitrogen and oxygen atoms in total. The van der Waals surface area contributed by atoms with Gasteiger partial charge in [-0.3, -0.25) is 14.4 Å². The van der Waals surface area contributed by atoms with Gasteiger partial charge in [-0.2, -0.15) is 0 Å². The van der Waals surface area contributed by atoms with Crippen LogP contribution in [0.3, 0.4) is 0 Å². The summed E-state index contributed by atoms with van der Waals surface area (Å²) in [5.41, 5.74) is 1.77. The van der Waals surface area contributed by atoms with Crippen molar-refractivity contribution in [3.8, 4) is 0 Å². The van der Waals surface area contributed by atoms with Crippen LogP contribution in [0.25, 0.3) is 0 Å². The Morgan fingerprint density at radius 1 is 1.19 bits per heavy atom. The first-order valence-electron chi connectivity index (χ1n) is 10.5. The molecule has 0 aliphatic carbocycles. The van der Waals surface area contributed by atoms with Crippen LogP contribution in [-0.4, -0.2) is 48.5 Å². The fourth-order valence-electron chi connectivity index (χ4n) is 3.29. The van der Waals surface area contributed by atoms with Crippen molar-refractivity contribution in [2.45, 2.75) is 45.1 Å². The molecule has 1 aliphatic heterocycles. The highest BCUT2D eigenvalue weighted by molar-refractivity contribution is 7.13. The van der Waals surface area contributed by atoms with Gasteiger partial charge in [0.05, 0.1) is 6.10 Å². The van der Waals surface area contributed by atoms with Crippen molar-refractivity contribution in [3.63, 3.8) is 0 Å². The minimum atomic E-state index is -0.286. The highest BCUT2D eigenvalue weighted by atomic mass is 32.1. The fourth-order valence-corrected chi connectivity index (χ4v) is 3.84. The van der Waals surface area contributed by atoms with Crippen molar-refractivity contribution in [1.82, 2.24) is 10.3 Å². The molecule has 9 heteroatoms. The average Bonchev–Trinajstić information content (AvgIpc) is 3.49. The predicted molar refractivity (Wildman–Crippen MR) is 120 cm³/mol. The minimum Gasteiger partial charge on any atom is -0.376 e. The molecule has 1 aromatic carbocycles. The maximum Gasteiger partial charge on any atom is 0.240 e. The van der Waals surface area contributed by atoms with E-state index in [4.69, 9.17) is 4.74 Å². The Labute approximate surface area is 186 Å². The molecule has 3 amide bonds. The molecular weight excluding hydrogens is 416 g/mol. The Morgan fingerprint density at radius 2 is 2.00 bits per heavy atom. The molecule has 2 heterocycles. The number of hydrogen-bond donors (Lipinski definition) is 2. The molecule has 31 heavy (non-hydrogen) atoms. The van der Waals surface area contributed by atoms with E-state index in [1.54, 1.807) is 11.6 Å². The lowest BCUT2D eigenvalue weighted by Crippen LogP contribution is -2.43. The Morgan fingerprint density at radius 3 is 2.65 bits per heavy atom. The van der Waals surface area contributed by atoms with E-state index in [0.29, 0.717) is 17.4 Å². The lowest BCUT2D eigenvalue weighted by molar-refractivity contribution is -0.125. The summed E-state index contributed by atoms with van der Waals surface area (Å²) >= 11 is 1.31. The molecule has 1 aromatic heterocycles. The second-order valence-electron chi connectivity index (χ2n) is 7.32. The monoisotopic (exact) mass is 444 g/mol. The normalized spacial score (nSPS) is 15.5. The number of hydrogen-bond acceptors (Lipinski definition) is 6. The number of nitrogens with zero attached hydrogens (tertiary/aromatic N) is 2. The summed E-state index contributed by atoms with van der Waals surface area (Å²) < 4.78 is 5.53. The number of anilines is 2. The Balaban J connectivity index is 1.59. The Bertz CT molecular complexity index is 864. The minimum absolute atomic E-state index is 0.00818. The number of rotatable bonds is 10. The topological polar surface area (TPSA) is 101 Å². The van der Waals surface area contributed by atoms with E-state index in [1.807, 2.05) is 24.3 Å². The Hall–Kier alpha value is -2.78. The van der Waals surface area contributed by atoms with Gasteiger partial charge in [-0.05, 0) is 37.0 Å². The summed E-state index contributed by atoms with van der Waals surface area (Å²) in [4.78, 5) is 43.0. The lowest BCUT2D eigenvalue weighted by Gasteiger charge is -2.23. The van der Waals surface area contributed by atoms with Gasteiger partial charge in [-0.15, -0.1) is 11.3 Å². The zero-order valence-electron chi connectivity index (χ0n) is 17.6. The van der Waals surface area contributed by atoms with E-state index < -0.39 is 0 Å². The van der Waals surface area contributed by atoms with Crippen LogP contribution in [-0.2, 0) is 25.5 Å². The van der Waals surface area contributed by atoms with E-state index in [2.05, 4.69) is 22.5 Å². The van der Waals surface area contributed by atoms with Crippen LogP contribution in [0.2, 0.25) is 0 Å². The first-order valence-corrected chi connectivity index (χ1v) is 11.4. The largest absolute Gasteiger partial charge is 0.376 e. The summed E-state index contributed by atoms with van der Waals surface area (Å²) in [5, 5.41) is 7.78. The van der Waals surface area contributed by atoms with Crippen LogP contribution in [0.15, 0.2) is 35.8 Å². The van der Waals surface area contributed by atoms with Gasteiger partial charge in [0, 0.05) is 43.3 Å². The van der Waals surface area contributed by atoms with Crippen molar-refractivity contribution in [3.05, 3.63) is 41.4 Å². The highest BCUT2D eigenvalue weighted by Crippen LogP contribution is 2.18. The van der Waals surface area contributed by atoms with Crippen molar-refractivity contribution in [2.24, 2.45) is 0 Å². The number of nitrogens with one attached hydrogen (secondary N) is 2. The molecule has 1 atom stereocenters. The number of thiazole rings is 1. The Kier molecular flexibility index (Phi) is 8.54. The second-order valence-corrected chi connectivity index (χ2v) is 8.22. The quantitative estimate of drug-likeness (QED) is 0.587. The third-order valence-electron chi connectivity index (χ3n) is 5.05. The number of aryl methyl sites for hydroxylation is 1. The average molecular weight is 445 g/mol. The van der Waals surface area contributed by atoms with Gasteiger partial charge in [0.2, 0.25) is 17.7 Å². The van der Waals surface area contributed by atoms with Gasteiger partial charge in [0.15, 0.2) is 5.13 Å². The van der Waals surface area contributed by atoms with Crippen molar-refractivity contribution >= 4 is 39.9 Å². The zero-order valence-corrected chi connectivity index (χ0v) is 18.5.